The Hall–Kier alpha value is -3.13. The molecule has 0 bridgehead atoms. The number of nitrogens with zero attached hydrogens (tertiary/aromatic N) is 2. The Labute approximate surface area is 175 Å². The van der Waals surface area contributed by atoms with E-state index in [0.717, 1.165) is 28.7 Å². The lowest BCUT2D eigenvalue weighted by Gasteiger charge is -2.13. The number of fused-ring (bicyclic) bond motifs is 1. The molecular weight excluding hydrogens is 411 g/mol. The van der Waals surface area contributed by atoms with Gasteiger partial charge in [-0.15, -0.1) is 11.3 Å². The molecule has 2 heterocycles. The van der Waals surface area contributed by atoms with Crippen molar-refractivity contribution in [2.24, 2.45) is 0 Å². The summed E-state index contributed by atoms with van der Waals surface area (Å²) in [6.07, 6.45) is -1.79. The first-order valence-electron chi connectivity index (χ1n) is 9.36. The van der Waals surface area contributed by atoms with E-state index in [1.165, 1.54) is 35.1 Å². The van der Waals surface area contributed by atoms with Crippen LogP contribution in [0.25, 0.3) is 16.2 Å². The zero-order valence-corrected chi connectivity index (χ0v) is 16.8. The van der Waals surface area contributed by atoms with Gasteiger partial charge >= 0.3 is 6.18 Å². The van der Waals surface area contributed by atoms with E-state index in [4.69, 9.17) is 0 Å². The molecule has 0 aliphatic rings. The average molecular weight is 429 g/mol. The number of carbonyl (C=O) groups is 1. The Balaban J connectivity index is 1.54. The SMILES string of the molecule is CCc1ccc(-c2cn3c(CC(=O)Nc4ccccc4C(F)(F)F)csc3n2)cc1. The van der Waals surface area contributed by atoms with Crippen LogP contribution in [0, 0.1) is 0 Å². The Kier molecular flexibility index (Phi) is 5.34. The van der Waals surface area contributed by atoms with Crippen LogP contribution in [0.1, 0.15) is 23.7 Å². The first kappa shape index (κ1) is 20.2. The fourth-order valence-electron chi connectivity index (χ4n) is 3.21. The van der Waals surface area contributed by atoms with E-state index >= 15 is 0 Å². The number of para-hydroxylation sites is 1. The van der Waals surface area contributed by atoms with Gasteiger partial charge in [0.2, 0.25) is 5.91 Å². The van der Waals surface area contributed by atoms with Gasteiger partial charge in [-0.25, -0.2) is 4.98 Å². The van der Waals surface area contributed by atoms with Gasteiger partial charge in [-0.2, -0.15) is 13.2 Å². The third kappa shape index (κ3) is 4.09. The molecule has 4 rings (SSSR count). The quantitative estimate of drug-likeness (QED) is 0.434. The van der Waals surface area contributed by atoms with Gasteiger partial charge in [-0.3, -0.25) is 9.20 Å². The van der Waals surface area contributed by atoms with Gasteiger partial charge in [0.05, 0.1) is 23.4 Å². The summed E-state index contributed by atoms with van der Waals surface area (Å²) in [7, 11) is 0. The topological polar surface area (TPSA) is 46.4 Å². The number of nitrogens with one attached hydrogen (secondary N) is 1. The summed E-state index contributed by atoms with van der Waals surface area (Å²) in [5, 5.41) is 4.18. The first-order chi connectivity index (χ1) is 14.3. The highest BCUT2D eigenvalue weighted by Crippen LogP contribution is 2.34. The molecule has 0 spiro atoms. The van der Waals surface area contributed by atoms with Crippen molar-refractivity contribution >= 4 is 27.9 Å². The number of benzene rings is 2. The van der Waals surface area contributed by atoms with E-state index < -0.39 is 17.6 Å². The third-order valence-electron chi connectivity index (χ3n) is 4.79. The number of hydrogen-bond donors (Lipinski definition) is 1. The number of carbonyl (C=O) groups excluding carboxylic acids is 1. The van der Waals surface area contributed by atoms with Crippen LogP contribution in [0.4, 0.5) is 18.9 Å². The minimum Gasteiger partial charge on any atom is -0.325 e. The maximum absolute atomic E-state index is 13.1. The van der Waals surface area contributed by atoms with E-state index in [2.05, 4.69) is 29.4 Å². The maximum atomic E-state index is 13.1. The second-order valence-corrected chi connectivity index (χ2v) is 7.66. The van der Waals surface area contributed by atoms with Crippen LogP contribution in [0.15, 0.2) is 60.1 Å². The molecule has 0 fully saturated rings. The second kappa shape index (κ2) is 7.95. The van der Waals surface area contributed by atoms with Crippen LogP contribution in [-0.4, -0.2) is 15.3 Å². The zero-order chi connectivity index (χ0) is 21.3. The highest BCUT2D eigenvalue weighted by molar-refractivity contribution is 7.15. The summed E-state index contributed by atoms with van der Waals surface area (Å²) in [5.74, 6) is -0.519. The van der Waals surface area contributed by atoms with Crippen LogP contribution >= 0.6 is 11.3 Å². The molecule has 0 saturated carbocycles. The molecule has 0 radical (unpaired) electrons. The summed E-state index contributed by atoms with van der Waals surface area (Å²) >= 11 is 1.38. The summed E-state index contributed by atoms with van der Waals surface area (Å²) in [4.78, 5) is 17.8. The minimum absolute atomic E-state index is 0.0588. The average Bonchev–Trinajstić information content (AvgIpc) is 3.30. The molecular formula is C22H18F3N3OS. The molecule has 0 atom stereocenters. The number of rotatable bonds is 5. The van der Waals surface area contributed by atoms with Crippen LogP contribution in [-0.2, 0) is 23.8 Å². The number of aromatic nitrogens is 2. The first-order valence-corrected chi connectivity index (χ1v) is 10.2. The van der Waals surface area contributed by atoms with E-state index in [-0.39, 0.29) is 12.1 Å². The Bertz CT molecular complexity index is 1190. The van der Waals surface area contributed by atoms with Gasteiger partial charge < -0.3 is 5.32 Å². The number of anilines is 1. The lowest BCUT2D eigenvalue weighted by molar-refractivity contribution is -0.137. The summed E-state index contributed by atoms with van der Waals surface area (Å²) in [6, 6.07) is 13.1. The van der Waals surface area contributed by atoms with E-state index in [1.807, 2.05) is 22.7 Å². The van der Waals surface area contributed by atoms with Gasteiger partial charge in [-0.1, -0.05) is 43.3 Å². The van der Waals surface area contributed by atoms with E-state index in [1.54, 1.807) is 5.38 Å². The number of imidazole rings is 1. The van der Waals surface area contributed by atoms with E-state index in [0.29, 0.717) is 5.69 Å². The Morgan fingerprint density at radius 1 is 1.13 bits per heavy atom. The number of aryl methyl sites for hydroxylation is 1. The standard InChI is InChI=1S/C22H18F3N3OS/c1-2-14-7-9-15(10-8-14)19-12-28-16(13-30-21(28)27-19)11-20(29)26-18-6-4-3-5-17(18)22(23,24)25/h3-10,12-13H,2,11H2,1H3,(H,26,29). The van der Waals surface area contributed by atoms with Crippen LogP contribution in [0.3, 0.4) is 0 Å². The van der Waals surface area contributed by atoms with Gasteiger partial charge in [0.15, 0.2) is 4.96 Å². The monoisotopic (exact) mass is 429 g/mol. The van der Waals surface area contributed by atoms with Gasteiger partial charge in [-0.05, 0) is 24.1 Å². The van der Waals surface area contributed by atoms with Crippen LogP contribution < -0.4 is 5.32 Å². The van der Waals surface area contributed by atoms with Crippen molar-refractivity contribution in [3.05, 3.63) is 76.9 Å². The fourth-order valence-corrected chi connectivity index (χ4v) is 4.08. The van der Waals surface area contributed by atoms with Crippen molar-refractivity contribution in [1.29, 1.82) is 0 Å². The number of alkyl halides is 3. The van der Waals surface area contributed by atoms with Gasteiger partial charge in [0.1, 0.15) is 0 Å². The van der Waals surface area contributed by atoms with Crippen molar-refractivity contribution in [3.63, 3.8) is 0 Å². The van der Waals surface area contributed by atoms with Gasteiger partial charge in [0.25, 0.3) is 0 Å². The molecule has 0 unspecified atom stereocenters. The molecule has 1 amide bonds. The molecule has 0 aliphatic heterocycles. The third-order valence-corrected chi connectivity index (χ3v) is 5.68. The molecule has 2 aromatic carbocycles. The minimum atomic E-state index is -4.54. The van der Waals surface area contributed by atoms with Gasteiger partial charge in [0, 0.05) is 22.8 Å². The molecule has 4 aromatic rings. The van der Waals surface area contributed by atoms with Crippen LogP contribution in [0.2, 0.25) is 0 Å². The number of hydrogen-bond acceptors (Lipinski definition) is 3. The molecule has 2 aromatic heterocycles. The molecule has 0 saturated heterocycles. The molecule has 8 heteroatoms. The summed E-state index contributed by atoms with van der Waals surface area (Å²) < 4.78 is 41.2. The van der Waals surface area contributed by atoms with Crippen molar-refractivity contribution < 1.29 is 18.0 Å². The normalized spacial score (nSPS) is 11.7. The Morgan fingerprint density at radius 2 is 1.87 bits per heavy atom. The lowest BCUT2D eigenvalue weighted by Crippen LogP contribution is -2.18. The second-order valence-electron chi connectivity index (χ2n) is 6.82. The number of thiazole rings is 1. The van der Waals surface area contributed by atoms with E-state index in [9.17, 15) is 18.0 Å². The molecule has 0 aliphatic carbocycles. The van der Waals surface area contributed by atoms with Crippen molar-refractivity contribution in [2.45, 2.75) is 25.9 Å². The summed E-state index contributed by atoms with van der Waals surface area (Å²) in [5.41, 5.74) is 2.54. The highest BCUT2D eigenvalue weighted by Gasteiger charge is 2.33. The van der Waals surface area contributed by atoms with Crippen molar-refractivity contribution in [3.8, 4) is 11.3 Å². The predicted molar refractivity (Wildman–Crippen MR) is 112 cm³/mol. The maximum Gasteiger partial charge on any atom is 0.418 e. The number of amides is 1. The van der Waals surface area contributed by atoms with Crippen molar-refractivity contribution in [1.82, 2.24) is 9.38 Å². The lowest BCUT2D eigenvalue weighted by atomic mass is 10.1. The highest BCUT2D eigenvalue weighted by atomic mass is 32.1. The zero-order valence-electron chi connectivity index (χ0n) is 16.0. The number of halogens is 3. The smallest absolute Gasteiger partial charge is 0.325 e. The molecule has 1 N–H and O–H groups in total. The Morgan fingerprint density at radius 3 is 2.57 bits per heavy atom. The molecule has 154 valence electrons. The van der Waals surface area contributed by atoms with Crippen molar-refractivity contribution in [2.75, 3.05) is 5.32 Å². The molecule has 30 heavy (non-hydrogen) atoms. The predicted octanol–water partition coefficient (Wildman–Crippen LogP) is 5.83. The fraction of sp³-hybridized carbons (Fsp3) is 0.182. The largest absolute Gasteiger partial charge is 0.418 e. The van der Waals surface area contributed by atoms with Crippen LogP contribution in [0.5, 0.6) is 0 Å². The summed E-state index contributed by atoms with van der Waals surface area (Å²) in [6.45, 7) is 2.09. The molecule has 4 nitrogen and oxygen atoms in total.